The zero-order valence-corrected chi connectivity index (χ0v) is 16.1. The zero-order valence-electron chi connectivity index (χ0n) is 16.1. The molecule has 0 saturated carbocycles. The van der Waals surface area contributed by atoms with Crippen LogP contribution in [0.2, 0.25) is 0 Å². The number of benzene rings is 2. The van der Waals surface area contributed by atoms with E-state index in [-0.39, 0.29) is 0 Å². The summed E-state index contributed by atoms with van der Waals surface area (Å²) in [7, 11) is 1.69. The minimum atomic E-state index is 0.808. The third-order valence-electron chi connectivity index (χ3n) is 4.93. The maximum Gasteiger partial charge on any atom is 0.143 e. The summed E-state index contributed by atoms with van der Waals surface area (Å²) in [6.07, 6.45) is 0. The second kappa shape index (κ2) is 6.80. The van der Waals surface area contributed by atoms with Crippen LogP contribution in [0.5, 0.6) is 5.75 Å². The summed E-state index contributed by atoms with van der Waals surface area (Å²) in [6.45, 7) is 6.33. The van der Waals surface area contributed by atoms with Crippen molar-refractivity contribution in [3.8, 4) is 17.0 Å². The highest BCUT2D eigenvalue weighted by atomic mass is 16.5. The van der Waals surface area contributed by atoms with Crippen LogP contribution in [0.15, 0.2) is 60.7 Å². The van der Waals surface area contributed by atoms with E-state index >= 15 is 0 Å². The molecule has 2 aromatic carbocycles. The van der Waals surface area contributed by atoms with Crippen LogP contribution in [-0.4, -0.2) is 16.5 Å². The summed E-state index contributed by atoms with van der Waals surface area (Å²) in [5.74, 6) is 1.76. The Morgan fingerprint density at radius 2 is 1.56 bits per heavy atom. The first-order valence-corrected chi connectivity index (χ1v) is 9.05. The van der Waals surface area contributed by atoms with E-state index in [2.05, 4.69) is 54.8 Å². The fourth-order valence-corrected chi connectivity index (χ4v) is 3.53. The second-order valence-corrected chi connectivity index (χ2v) is 6.76. The van der Waals surface area contributed by atoms with Crippen LogP contribution in [0, 0.1) is 20.8 Å². The van der Waals surface area contributed by atoms with E-state index in [1.165, 1.54) is 11.1 Å². The number of nitrogens with zero attached hydrogens (tertiary/aromatic N) is 2. The maximum atomic E-state index is 5.60. The molecule has 0 aliphatic rings. The average molecular weight is 357 g/mol. The van der Waals surface area contributed by atoms with Gasteiger partial charge in [-0.2, -0.15) is 0 Å². The molecule has 0 bridgehead atoms. The SMILES string of the molecule is COc1ccccc1-c1nc2cccc(C)n2c1Nc1c(C)cccc1C. The monoisotopic (exact) mass is 357 g/mol. The van der Waals surface area contributed by atoms with Crippen LogP contribution in [0.25, 0.3) is 16.9 Å². The molecule has 1 N–H and O–H groups in total. The van der Waals surface area contributed by atoms with Crippen molar-refractivity contribution < 1.29 is 4.74 Å². The number of hydrogen-bond acceptors (Lipinski definition) is 3. The lowest BCUT2D eigenvalue weighted by atomic mass is 10.1. The quantitative estimate of drug-likeness (QED) is 0.511. The number of hydrogen-bond donors (Lipinski definition) is 1. The minimum absolute atomic E-state index is 0.808. The van der Waals surface area contributed by atoms with Gasteiger partial charge in [-0.3, -0.25) is 4.40 Å². The summed E-state index contributed by atoms with van der Waals surface area (Å²) in [6, 6.07) is 20.5. The predicted octanol–water partition coefficient (Wildman–Crippen LogP) is 5.68. The number of methoxy groups -OCH3 is 1. The van der Waals surface area contributed by atoms with Crippen molar-refractivity contribution >= 4 is 17.2 Å². The molecule has 0 saturated heterocycles. The van der Waals surface area contributed by atoms with Gasteiger partial charge in [-0.15, -0.1) is 0 Å². The Bertz CT molecular complexity index is 1110. The molecule has 0 aliphatic heterocycles. The molecule has 4 rings (SSSR count). The summed E-state index contributed by atoms with van der Waals surface area (Å²) in [5, 5.41) is 3.67. The fraction of sp³-hybridized carbons (Fsp3) is 0.174. The molecule has 27 heavy (non-hydrogen) atoms. The van der Waals surface area contributed by atoms with Gasteiger partial charge in [0.2, 0.25) is 0 Å². The normalized spacial score (nSPS) is 11.0. The molecule has 2 heterocycles. The van der Waals surface area contributed by atoms with Gasteiger partial charge in [0.05, 0.1) is 7.11 Å². The van der Waals surface area contributed by atoms with E-state index in [9.17, 15) is 0 Å². The molecular formula is C23H23N3O. The van der Waals surface area contributed by atoms with Gasteiger partial charge in [0.1, 0.15) is 22.9 Å². The highest BCUT2D eigenvalue weighted by Crippen LogP contribution is 2.37. The van der Waals surface area contributed by atoms with E-state index in [1.807, 2.05) is 36.4 Å². The topological polar surface area (TPSA) is 38.6 Å². The number of aromatic nitrogens is 2. The Labute approximate surface area is 159 Å². The van der Waals surface area contributed by atoms with Gasteiger partial charge in [-0.25, -0.2) is 4.98 Å². The van der Waals surface area contributed by atoms with E-state index in [4.69, 9.17) is 9.72 Å². The first kappa shape index (κ1) is 17.2. The average Bonchev–Trinajstić information content (AvgIpc) is 3.04. The highest BCUT2D eigenvalue weighted by Gasteiger charge is 2.19. The van der Waals surface area contributed by atoms with E-state index in [0.717, 1.165) is 39.9 Å². The standard InChI is InChI=1S/C23H23N3O/c1-15-9-7-10-16(2)21(15)25-23-22(18-12-5-6-13-19(18)27-4)24-20-14-8-11-17(3)26(20)23/h5-14,25H,1-4H3. The molecule has 4 nitrogen and oxygen atoms in total. The van der Waals surface area contributed by atoms with Crippen LogP contribution in [-0.2, 0) is 0 Å². The highest BCUT2D eigenvalue weighted by molar-refractivity contribution is 5.84. The Hall–Kier alpha value is -3.27. The van der Waals surface area contributed by atoms with Crippen molar-refractivity contribution in [1.82, 2.24) is 9.38 Å². The molecule has 2 aromatic heterocycles. The van der Waals surface area contributed by atoms with Crippen LogP contribution >= 0.6 is 0 Å². The molecule has 0 unspecified atom stereocenters. The van der Waals surface area contributed by atoms with Crippen molar-refractivity contribution in [2.75, 3.05) is 12.4 Å². The third-order valence-corrected chi connectivity index (χ3v) is 4.93. The maximum absolute atomic E-state index is 5.60. The van der Waals surface area contributed by atoms with Crippen molar-refractivity contribution in [2.45, 2.75) is 20.8 Å². The van der Waals surface area contributed by atoms with Crippen molar-refractivity contribution in [3.63, 3.8) is 0 Å². The van der Waals surface area contributed by atoms with Gasteiger partial charge in [-0.05, 0) is 56.2 Å². The second-order valence-electron chi connectivity index (χ2n) is 6.76. The Kier molecular flexibility index (Phi) is 4.32. The van der Waals surface area contributed by atoms with Crippen molar-refractivity contribution in [1.29, 1.82) is 0 Å². The lowest BCUT2D eigenvalue weighted by Gasteiger charge is -2.15. The van der Waals surface area contributed by atoms with Gasteiger partial charge < -0.3 is 10.1 Å². The molecule has 0 fully saturated rings. The Balaban J connectivity index is 2.00. The summed E-state index contributed by atoms with van der Waals surface area (Å²) in [4.78, 5) is 4.93. The fourth-order valence-electron chi connectivity index (χ4n) is 3.53. The lowest BCUT2D eigenvalue weighted by molar-refractivity contribution is 0.416. The van der Waals surface area contributed by atoms with Gasteiger partial charge in [0.15, 0.2) is 0 Å². The molecule has 0 amide bonds. The summed E-state index contributed by atoms with van der Waals surface area (Å²) in [5.41, 5.74) is 7.38. The van der Waals surface area contributed by atoms with Gasteiger partial charge in [-0.1, -0.05) is 36.4 Å². The number of imidazole rings is 1. The molecular weight excluding hydrogens is 334 g/mol. The number of aryl methyl sites for hydroxylation is 3. The lowest BCUT2D eigenvalue weighted by Crippen LogP contribution is -2.02. The molecule has 0 aliphatic carbocycles. The molecule has 0 radical (unpaired) electrons. The Morgan fingerprint density at radius 1 is 0.852 bits per heavy atom. The summed E-state index contributed by atoms with van der Waals surface area (Å²) >= 11 is 0. The van der Waals surface area contributed by atoms with E-state index in [1.54, 1.807) is 7.11 Å². The molecule has 0 spiro atoms. The first-order valence-electron chi connectivity index (χ1n) is 9.05. The number of ether oxygens (including phenoxy) is 1. The van der Waals surface area contributed by atoms with Gasteiger partial charge in [0, 0.05) is 16.9 Å². The van der Waals surface area contributed by atoms with Crippen LogP contribution in [0.1, 0.15) is 16.8 Å². The van der Waals surface area contributed by atoms with Gasteiger partial charge in [0.25, 0.3) is 0 Å². The van der Waals surface area contributed by atoms with Gasteiger partial charge >= 0.3 is 0 Å². The molecule has 4 heteroatoms. The van der Waals surface area contributed by atoms with Crippen molar-refractivity contribution in [3.05, 3.63) is 77.5 Å². The third kappa shape index (κ3) is 2.93. The summed E-state index contributed by atoms with van der Waals surface area (Å²) < 4.78 is 7.76. The molecule has 0 atom stereocenters. The predicted molar refractivity (Wildman–Crippen MR) is 111 cm³/mol. The largest absolute Gasteiger partial charge is 0.496 e. The number of nitrogens with one attached hydrogen (secondary N) is 1. The zero-order chi connectivity index (χ0) is 19.0. The Morgan fingerprint density at radius 3 is 2.30 bits per heavy atom. The number of rotatable bonds is 4. The van der Waals surface area contributed by atoms with Crippen LogP contribution in [0.3, 0.4) is 0 Å². The van der Waals surface area contributed by atoms with E-state index in [0.29, 0.717) is 0 Å². The number of para-hydroxylation sites is 2. The first-order chi connectivity index (χ1) is 13.1. The van der Waals surface area contributed by atoms with Crippen molar-refractivity contribution in [2.24, 2.45) is 0 Å². The van der Waals surface area contributed by atoms with Crippen LogP contribution in [0.4, 0.5) is 11.5 Å². The number of anilines is 2. The smallest absolute Gasteiger partial charge is 0.143 e. The molecule has 4 aromatic rings. The number of fused-ring (bicyclic) bond motifs is 1. The molecule has 136 valence electrons. The van der Waals surface area contributed by atoms with Crippen LogP contribution < -0.4 is 10.1 Å². The number of pyridine rings is 1. The minimum Gasteiger partial charge on any atom is -0.496 e. The van der Waals surface area contributed by atoms with E-state index < -0.39 is 0 Å².